The smallest absolute Gasteiger partial charge is 0.109 e. The van der Waals surface area contributed by atoms with E-state index in [1.807, 2.05) is 42.5 Å². The molecule has 4 aromatic carbocycles. The number of halogens is 5. The van der Waals surface area contributed by atoms with Crippen LogP contribution in [0.2, 0.25) is 0 Å². The van der Waals surface area contributed by atoms with Crippen molar-refractivity contribution < 1.29 is 62.2 Å². The molecular formula is C48H55Cl2F3Zr-2. The third kappa shape index (κ3) is 12.0. The van der Waals surface area contributed by atoms with Gasteiger partial charge in [0.25, 0.3) is 0 Å². The van der Waals surface area contributed by atoms with E-state index < -0.39 is 11.7 Å². The van der Waals surface area contributed by atoms with E-state index in [0.29, 0.717) is 5.56 Å². The summed E-state index contributed by atoms with van der Waals surface area (Å²) in [5.74, 6) is 0. The van der Waals surface area contributed by atoms with E-state index in [-0.39, 0.29) is 46.5 Å². The minimum Gasteiger partial charge on any atom is -1.00 e. The van der Waals surface area contributed by atoms with Crippen LogP contribution < -0.4 is 24.8 Å². The predicted octanol–water partition coefficient (Wildman–Crippen LogP) is 7.38. The maximum atomic E-state index is 12.6. The monoisotopic (exact) mass is 848 g/mol. The fraction of sp³-hybridized carbons (Fsp3) is 0.396. The molecule has 0 unspecified atom stereocenters. The van der Waals surface area contributed by atoms with Gasteiger partial charge in [0.15, 0.2) is 0 Å². The van der Waals surface area contributed by atoms with Gasteiger partial charge in [0.2, 0.25) is 0 Å². The molecule has 2 aliphatic rings. The van der Waals surface area contributed by atoms with Crippen LogP contribution >= 0.6 is 0 Å². The molecule has 0 N–H and O–H groups in total. The van der Waals surface area contributed by atoms with E-state index in [1.54, 1.807) is 6.07 Å². The van der Waals surface area contributed by atoms with E-state index >= 15 is 0 Å². The van der Waals surface area contributed by atoms with Crippen molar-refractivity contribution in [1.29, 1.82) is 0 Å². The Labute approximate surface area is 351 Å². The summed E-state index contributed by atoms with van der Waals surface area (Å²) < 4.78 is 38.8. The Morgan fingerprint density at radius 1 is 0.611 bits per heavy atom. The van der Waals surface area contributed by atoms with Crippen LogP contribution in [0, 0.1) is 12.1 Å². The molecule has 54 heavy (non-hydrogen) atoms. The molecule has 0 spiro atoms. The van der Waals surface area contributed by atoms with Crippen LogP contribution in [0.4, 0.5) is 13.2 Å². The van der Waals surface area contributed by atoms with Crippen molar-refractivity contribution >= 4 is 3.21 Å². The van der Waals surface area contributed by atoms with Gasteiger partial charge < -0.3 is 24.8 Å². The van der Waals surface area contributed by atoms with Gasteiger partial charge >= 0.3 is 118 Å². The minimum atomic E-state index is -4.29. The number of allylic oxidation sites excluding steroid dienone is 4. The standard InChI is InChI=1S/C29H41.C14H9F3.C5H5.2ClH.Zr/c1-26(2,3)22-14-18-13-19-15-23(27(4,5)6)25(29(10,11)12)17-21(19)20(18)16-24(22)28(7,8)9;15-14(16,17)13-8-4-7-12(10-13)9-11-5-2-1-3-6-11;1-2-4-5-3-1;;;/h14,16-17H,13H2,1-12H3;1-8,10H;1-3H,4H2;2*1H;/q-1;;-1;;;+2/p-2. The zero-order valence-electron chi connectivity index (χ0n) is 34.0. The predicted molar refractivity (Wildman–Crippen MR) is 211 cm³/mol. The SMILES string of the molecule is CC(C)(C)c1[c-]c2c(cc1C(C)(C)C)-c1cc(C(C)(C)C)c(C(C)(C)C)cc1C2.FC(F)(F)c1cccc([C](=[Zr+2])c2ccccc2)c1.[C-]1=CC=CC1.[Cl-].[Cl-]. The first-order chi connectivity index (χ1) is 23.9. The average Bonchev–Trinajstić information content (AvgIpc) is 3.74. The van der Waals surface area contributed by atoms with Gasteiger partial charge in [-0.05, 0) is 39.4 Å². The summed E-state index contributed by atoms with van der Waals surface area (Å²) in [6.45, 7) is 28.0. The molecule has 0 fully saturated rings. The summed E-state index contributed by atoms with van der Waals surface area (Å²) >= 11 is 1.09. The maximum Gasteiger partial charge on any atom is -0.109 e. The van der Waals surface area contributed by atoms with Gasteiger partial charge in [-0.25, -0.2) is 12.2 Å². The van der Waals surface area contributed by atoms with E-state index in [4.69, 9.17) is 0 Å². The molecule has 0 radical (unpaired) electrons. The quantitative estimate of drug-likeness (QED) is 0.163. The molecule has 0 saturated carbocycles. The molecule has 2 aliphatic carbocycles. The van der Waals surface area contributed by atoms with Gasteiger partial charge in [-0.2, -0.15) is 23.8 Å². The molecule has 0 atom stereocenters. The molecule has 0 heterocycles. The van der Waals surface area contributed by atoms with Gasteiger partial charge in [-0.3, -0.25) is 6.08 Å². The third-order valence-corrected chi connectivity index (χ3v) is 10.8. The fourth-order valence-electron chi connectivity index (χ4n) is 6.59. The average molecular weight is 851 g/mol. The first-order valence-corrected chi connectivity index (χ1v) is 19.4. The normalized spacial score (nSPS) is 13.4. The van der Waals surface area contributed by atoms with Gasteiger partial charge in [0.1, 0.15) is 0 Å². The number of benzene rings is 4. The molecule has 0 nitrogen and oxygen atoms in total. The van der Waals surface area contributed by atoms with Crippen LogP contribution in [-0.2, 0) is 58.5 Å². The summed E-state index contributed by atoms with van der Waals surface area (Å²) in [5, 5.41) is 0. The summed E-state index contributed by atoms with van der Waals surface area (Å²) in [5.41, 5.74) is 12.9. The molecule has 0 aliphatic heterocycles. The zero-order valence-corrected chi connectivity index (χ0v) is 37.9. The third-order valence-electron chi connectivity index (χ3n) is 9.36. The van der Waals surface area contributed by atoms with Crippen molar-refractivity contribution in [3.8, 4) is 11.1 Å². The Hall–Kier alpha value is -2.52. The summed E-state index contributed by atoms with van der Waals surface area (Å²) in [7, 11) is 0. The second-order valence-electron chi connectivity index (χ2n) is 18.0. The first kappa shape index (κ1) is 47.6. The van der Waals surface area contributed by atoms with Gasteiger partial charge in [0.05, 0.1) is 0 Å². The molecule has 288 valence electrons. The van der Waals surface area contributed by atoms with Gasteiger partial charge in [0, 0.05) is 0 Å². The molecule has 6 heteroatoms. The molecule has 0 saturated heterocycles. The van der Waals surface area contributed by atoms with Crippen molar-refractivity contribution in [2.24, 2.45) is 0 Å². The van der Waals surface area contributed by atoms with Crippen molar-refractivity contribution in [3.63, 3.8) is 0 Å². The van der Waals surface area contributed by atoms with Crippen molar-refractivity contribution in [3.05, 3.63) is 153 Å². The van der Waals surface area contributed by atoms with Crippen LogP contribution in [0.3, 0.4) is 0 Å². The van der Waals surface area contributed by atoms with Crippen LogP contribution in [0.25, 0.3) is 11.1 Å². The summed E-state index contributed by atoms with van der Waals surface area (Å²) in [4.78, 5) is 0. The summed E-state index contributed by atoms with van der Waals surface area (Å²) in [6, 6.07) is 26.3. The van der Waals surface area contributed by atoms with Crippen LogP contribution in [0.15, 0.2) is 91.0 Å². The molecule has 0 aromatic heterocycles. The summed E-state index contributed by atoms with van der Waals surface area (Å²) in [6.07, 6.45) is 6.72. The van der Waals surface area contributed by atoms with E-state index in [2.05, 4.69) is 120 Å². The number of rotatable bonds is 2. The Kier molecular flexibility index (Phi) is 16.0. The Morgan fingerprint density at radius 2 is 1.15 bits per heavy atom. The number of hydrogen-bond donors (Lipinski definition) is 0. The van der Waals surface area contributed by atoms with Crippen LogP contribution in [0.5, 0.6) is 0 Å². The number of fused-ring (bicyclic) bond motifs is 3. The largest absolute Gasteiger partial charge is 1.00 e. The second kappa shape index (κ2) is 18.2. The zero-order chi connectivity index (χ0) is 38.9. The Balaban J connectivity index is 0.000000343. The number of hydrogen-bond acceptors (Lipinski definition) is 0. The van der Waals surface area contributed by atoms with Crippen LogP contribution in [0.1, 0.15) is 140 Å². The number of alkyl halides is 3. The van der Waals surface area contributed by atoms with E-state index in [1.165, 1.54) is 56.6 Å². The van der Waals surface area contributed by atoms with Crippen molar-refractivity contribution in [2.45, 2.75) is 124 Å². The second-order valence-corrected chi connectivity index (χ2v) is 19.2. The molecule has 4 aromatic rings. The van der Waals surface area contributed by atoms with Gasteiger partial charge in [-0.15, -0.1) is 23.1 Å². The Morgan fingerprint density at radius 3 is 1.61 bits per heavy atom. The molecule has 0 bridgehead atoms. The van der Waals surface area contributed by atoms with Crippen molar-refractivity contribution in [1.82, 2.24) is 0 Å². The fourth-order valence-corrected chi connectivity index (χ4v) is 7.38. The van der Waals surface area contributed by atoms with Crippen LogP contribution in [-0.4, -0.2) is 3.21 Å². The van der Waals surface area contributed by atoms with E-state index in [9.17, 15) is 13.2 Å². The molecule has 0 amide bonds. The van der Waals surface area contributed by atoms with Gasteiger partial charge in [-0.1, -0.05) is 106 Å². The minimum absolute atomic E-state index is 0. The Bertz CT molecular complexity index is 1870. The van der Waals surface area contributed by atoms with E-state index in [0.717, 1.165) is 51.9 Å². The maximum absolute atomic E-state index is 12.6. The molecular weight excluding hydrogens is 796 g/mol. The first-order valence-electron chi connectivity index (χ1n) is 18.2. The topological polar surface area (TPSA) is 0 Å². The molecule has 6 rings (SSSR count). The van der Waals surface area contributed by atoms with Crippen molar-refractivity contribution in [2.75, 3.05) is 0 Å².